The summed E-state index contributed by atoms with van der Waals surface area (Å²) >= 11 is 1.59. The van der Waals surface area contributed by atoms with Crippen molar-refractivity contribution in [1.82, 2.24) is 0 Å². The van der Waals surface area contributed by atoms with Gasteiger partial charge in [-0.1, -0.05) is 53.7 Å². The Labute approximate surface area is 144 Å². The standard InChI is InChI=1S/C21H14O2S/c1-13-6-8-14(9-7-13)24-15-10-11-18-19(12-15)21(23)17-5-3-2-4-16(17)20(18)22/h2-12H,1H3. The van der Waals surface area contributed by atoms with Crippen molar-refractivity contribution in [3.05, 3.63) is 94.5 Å². The number of hydrogen-bond acceptors (Lipinski definition) is 3. The van der Waals surface area contributed by atoms with Gasteiger partial charge in [0.15, 0.2) is 11.6 Å². The van der Waals surface area contributed by atoms with Crippen LogP contribution in [0.25, 0.3) is 0 Å². The van der Waals surface area contributed by atoms with Gasteiger partial charge >= 0.3 is 0 Å². The van der Waals surface area contributed by atoms with Crippen molar-refractivity contribution < 1.29 is 9.59 Å². The van der Waals surface area contributed by atoms with Crippen LogP contribution in [-0.4, -0.2) is 11.6 Å². The molecule has 3 aromatic carbocycles. The van der Waals surface area contributed by atoms with E-state index >= 15 is 0 Å². The fourth-order valence-electron chi connectivity index (χ4n) is 2.88. The lowest BCUT2D eigenvalue weighted by molar-refractivity contribution is 0.0979. The Bertz CT molecular complexity index is 971. The predicted octanol–water partition coefficient (Wildman–Crippen LogP) is 4.92. The molecule has 0 spiro atoms. The Kier molecular flexibility index (Phi) is 3.58. The number of rotatable bonds is 2. The van der Waals surface area contributed by atoms with Gasteiger partial charge in [-0.15, -0.1) is 0 Å². The minimum atomic E-state index is -0.0773. The highest BCUT2D eigenvalue weighted by atomic mass is 32.2. The van der Waals surface area contributed by atoms with E-state index in [1.165, 1.54) is 5.56 Å². The topological polar surface area (TPSA) is 34.1 Å². The fourth-order valence-corrected chi connectivity index (χ4v) is 3.74. The van der Waals surface area contributed by atoms with Gasteiger partial charge in [0, 0.05) is 32.0 Å². The molecule has 0 bridgehead atoms. The number of carbonyl (C=O) groups excluding carboxylic acids is 2. The highest BCUT2D eigenvalue weighted by molar-refractivity contribution is 7.99. The average Bonchev–Trinajstić information content (AvgIpc) is 2.62. The van der Waals surface area contributed by atoms with Crippen LogP contribution in [0.15, 0.2) is 76.5 Å². The summed E-state index contributed by atoms with van der Waals surface area (Å²) in [6.45, 7) is 2.05. The lowest BCUT2D eigenvalue weighted by Gasteiger charge is -2.17. The summed E-state index contributed by atoms with van der Waals surface area (Å²) in [5.41, 5.74) is 3.19. The first-order chi connectivity index (χ1) is 11.6. The zero-order valence-electron chi connectivity index (χ0n) is 13.1. The second-order valence-corrected chi connectivity index (χ2v) is 6.97. The second-order valence-electron chi connectivity index (χ2n) is 5.83. The first kappa shape index (κ1) is 14.9. The molecule has 0 aromatic heterocycles. The van der Waals surface area contributed by atoms with E-state index in [9.17, 15) is 9.59 Å². The molecule has 116 valence electrons. The molecule has 1 aliphatic carbocycles. The lowest BCUT2D eigenvalue weighted by atomic mass is 9.84. The van der Waals surface area contributed by atoms with Crippen molar-refractivity contribution in [2.45, 2.75) is 16.7 Å². The van der Waals surface area contributed by atoms with E-state index in [1.54, 1.807) is 42.1 Å². The number of aryl methyl sites for hydroxylation is 1. The maximum absolute atomic E-state index is 12.7. The zero-order chi connectivity index (χ0) is 16.7. The molecule has 0 aliphatic heterocycles. The zero-order valence-corrected chi connectivity index (χ0v) is 13.9. The van der Waals surface area contributed by atoms with Crippen molar-refractivity contribution in [1.29, 1.82) is 0 Å². The van der Waals surface area contributed by atoms with E-state index in [4.69, 9.17) is 0 Å². The molecule has 3 aromatic rings. The fraction of sp³-hybridized carbons (Fsp3) is 0.0476. The minimum Gasteiger partial charge on any atom is -0.289 e. The van der Waals surface area contributed by atoms with Crippen molar-refractivity contribution >= 4 is 23.3 Å². The van der Waals surface area contributed by atoms with Gasteiger partial charge in [-0.05, 0) is 37.3 Å². The van der Waals surface area contributed by atoms with Gasteiger partial charge in [-0.2, -0.15) is 0 Å². The Morgan fingerprint density at radius 3 is 1.83 bits per heavy atom. The van der Waals surface area contributed by atoms with Crippen LogP contribution < -0.4 is 0 Å². The van der Waals surface area contributed by atoms with Crippen LogP contribution in [0.2, 0.25) is 0 Å². The molecule has 3 heteroatoms. The highest BCUT2D eigenvalue weighted by Crippen LogP contribution is 2.33. The summed E-state index contributed by atoms with van der Waals surface area (Å²) in [4.78, 5) is 27.4. The van der Waals surface area contributed by atoms with Gasteiger partial charge in [0.2, 0.25) is 0 Å². The maximum Gasteiger partial charge on any atom is 0.194 e. The molecule has 0 radical (unpaired) electrons. The molecule has 0 heterocycles. The Morgan fingerprint density at radius 2 is 1.17 bits per heavy atom. The van der Waals surface area contributed by atoms with Gasteiger partial charge in [0.05, 0.1) is 0 Å². The number of fused-ring (bicyclic) bond motifs is 2. The van der Waals surface area contributed by atoms with Crippen LogP contribution >= 0.6 is 11.8 Å². The van der Waals surface area contributed by atoms with E-state index in [1.807, 2.05) is 12.1 Å². The van der Waals surface area contributed by atoms with Crippen LogP contribution in [0, 0.1) is 6.92 Å². The third kappa shape index (κ3) is 2.47. The van der Waals surface area contributed by atoms with E-state index in [0.717, 1.165) is 9.79 Å². The predicted molar refractivity (Wildman–Crippen MR) is 95.1 cm³/mol. The number of benzene rings is 3. The molecule has 4 rings (SSSR count). The molecular formula is C21H14O2S. The van der Waals surface area contributed by atoms with Gasteiger partial charge in [0.25, 0.3) is 0 Å². The molecule has 24 heavy (non-hydrogen) atoms. The first-order valence-electron chi connectivity index (χ1n) is 7.70. The average molecular weight is 330 g/mol. The molecular weight excluding hydrogens is 316 g/mol. The van der Waals surface area contributed by atoms with E-state index in [0.29, 0.717) is 22.3 Å². The summed E-state index contributed by atoms with van der Waals surface area (Å²) < 4.78 is 0. The number of ketones is 2. The van der Waals surface area contributed by atoms with Crippen LogP contribution in [0.1, 0.15) is 37.4 Å². The number of carbonyl (C=O) groups is 2. The lowest BCUT2D eigenvalue weighted by Crippen LogP contribution is -2.20. The van der Waals surface area contributed by atoms with Crippen LogP contribution in [0.3, 0.4) is 0 Å². The van der Waals surface area contributed by atoms with E-state index < -0.39 is 0 Å². The van der Waals surface area contributed by atoms with Gasteiger partial charge in [-0.3, -0.25) is 9.59 Å². The van der Waals surface area contributed by atoms with Crippen LogP contribution in [0.4, 0.5) is 0 Å². The van der Waals surface area contributed by atoms with Crippen molar-refractivity contribution in [2.75, 3.05) is 0 Å². The monoisotopic (exact) mass is 330 g/mol. The largest absolute Gasteiger partial charge is 0.289 e. The van der Waals surface area contributed by atoms with Crippen molar-refractivity contribution in [2.24, 2.45) is 0 Å². The summed E-state index contributed by atoms with van der Waals surface area (Å²) in [6, 6.07) is 20.8. The maximum atomic E-state index is 12.7. The van der Waals surface area contributed by atoms with Gasteiger partial charge < -0.3 is 0 Å². The van der Waals surface area contributed by atoms with E-state index in [2.05, 4.69) is 31.2 Å². The van der Waals surface area contributed by atoms with E-state index in [-0.39, 0.29) is 11.6 Å². The highest BCUT2D eigenvalue weighted by Gasteiger charge is 2.29. The summed E-state index contributed by atoms with van der Waals surface area (Å²) in [6.07, 6.45) is 0. The second kappa shape index (κ2) is 5.77. The molecule has 0 unspecified atom stereocenters. The Balaban J connectivity index is 1.74. The number of hydrogen-bond donors (Lipinski definition) is 0. The molecule has 0 atom stereocenters. The quantitative estimate of drug-likeness (QED) is 0.523. The summed E-state index contributed by atoms with van der Waals surface area (Å²) in [5.74, 6) is -0.154. The SMILES string of the molecule is Cc1ccc(Sc2ccc3c(c2)C(=O)c2ccccc2C3=O)cc1. The Morgan fingerprint density at radius 1 is 0.625 bits per heavy atom. The molecule has 0 saturated heterocycles. The van der Waals surface area contributed by atoms with Crippen molar-refractivity contribution in [3.63, 3.8) is 0 Å². The van der Waals surface area contributed by atoms with Crippen molar-refractivity contribution in [3.8, 4) is 0 Å². The van der Waals surface area contributed by atoms with Crippen LogP contribution in [0.5, 0.6) is 0 Å². The molecule has 0 saturated carbocycles. The van der Waals surface area contributed by atoms with Gasteiger partial charge in [0.1, 0.15) is 0 Å². The molecule has 2 nitrogen and oxygen atoms in total. The van der Waals surface area contributed by atoms with Crippen LogP contribution in [-0.2, 0) is 0 Å². The minimum absolute atomic E-state index is 0.0768. The summed E-state index contributed by atoms with van der Waals surface area (Å²) in [7, 11) is 0. The van der Waals surface area contributed by atoms with Gasteiger partial charge in [-0.25, -0.2) is 0 Å². The third-order valence-electron chi connectivity index (χ3n) is 4.15. The molecule has 0 amide bonds. The Hall–Kier alpha value is -2.65. The third-order valence-corrected chi connectivity index (χ3v) is 5.15. The normalized spacial score (nSPS) is 12.7. The molecule has 1 aliphatic rings. The first-order valence-corrected chi connectivity index (χ1v) is 8.52. The molecule has 0 fully saturated rings. The summed E-state index contributed by atoms with van der Waals surface area (Å²) in [5, 5.41) is 0. The molecule has 0 N–H and O–H groups in total. The smallest absolute Gasteiger partial charge is 0.194 e.